The zero-order valence-electron chi connectivity index (χ0n) is 12.1. The van der Waals surface area contributed by atoms with Crippen LogP contribution in [0, 0.1) is 0 Å². The molecule has 0 aliphatic carbocycles. The Kier molecular flexibility index (Phi) is 3.67. The molecule has 2 fully saturated rings. The van der Waals surface area contributed by atoms with Gasteiger partial charge in [-0.25, -0.2) is 0 Å². The monoisotopic (exact) mass is 318 g/mol. The Morgan fingerprint density at radius 3 is 3.18 bits per heavy atom. The van der Waals surface area contributed by atoms with E-state index in [1.165, 1.54) is 0 Å². The van der Waals surface area contributed by atoms with Crippen LogP contribution in [0.1, 0.15) is 6.42 Å². The number of oxazole rings is 1. The van der Waals surface area contributed by atoms with Crippen molar-refractivity contribution in [3.05, 3.63) is 24.3 Å². The summed E-state index contributed by atoms with van der Waals surface area (Å²) in [4.78, 5) is 18.7. The lowest BCUT2D eigenvalue weighted by Gasteiger charge is -2.19. The lowest BCUT2D eigenvalue weighted by Crippen LogP contribution is -2.42. The first kappa shape index (κ1) is 13.9. The van der Waals surface area contributed by atoms with E-state index in [1.54, 1.807) is 0 Å². The van der Waals surface area contributed by atoms with Gasteiger partial charge in [0.2, 0.25) is 5.91 Å². The zero-order chi connectivity index (χ0) is 14.9. The molecule has 0 saturated carbocycles. The number of benzene rings is 1. The number of nitrogens with zero attached hydrogens (tertiary/aromatic N) is 2. The minimum Gasteiger partial charge on any atom is -0.424 e. The Morgan fingerprint density at radius 2 is 2.36 bits per heavy atom. The highest BCUT2D eigenvalue weighted by atomic mass is 32.2. The molecule has 3 heterocycles. The van der Waals surface area contributed by atoms with Crippen LogP contribution in [0.3, 0.4) is 0 Å². The predicted molar refractivity (Wildman–Crippen MR) is 86.9 cm³/mol. The molecule has 2 aliphatic rings. The molecular weight excluding hydrogens is 300 g/mol. The van der Waals surface area contributed by atoms with E-state index in [4.69, 9.17) is 4.42 Å². The van der Waals surface area contributed by atoms with Crippen molar-refractivity contribution >= 4 is 34.8 Å². The van der Waals surface area contributed by atoms with Crippen LogP contribution < -0.4 is 10.6 Å². The first-order valence-corrected chi connectivity index (χ1v) is 8.67. The number of aromatic nitrogens is 1. The summed E-state index contributed by atoms with van der Waals surface area (Å²) in [5.74, 6) is 2.08. The fraction of sp³-hybridized carbons (Fsp3) is 0.467. The molecule has 2 atom stereocenters. The first-order chi connectivity index (χ1) is 10.8. The van der Waals surface area contributed by atoms with E-state index < -0.39 is 0 Å². The number of thioether (sulfide) groups is 1. The number of hydrogen-bond donors (Lipinski definition) is 2. The van der Waals surface area contributed by atoms with E-state index in [1.807, 2.05) is 40.9 Å². The molecule has 0 unspecified atom stereocenters. The lowest BCUT2D eigenvalue weighted by atomic mass is 10.1. The van der Waals surface area contributed by atoms with Gasteiger partial charge in [-0.05, 0) is 18.6 Å². The predicted octanol–water partition coefficient (Wildman–Crippen LogP) is 1.50. The van der Waals surface area contributed by atoms with E-state index in [2.05, 4.69) is 15.6 Å². The van der Waals surface area contributed by atoms with Crippen molar-refractivity contribution < 1.29 is 9.21 Å². The summed E-state index contributed by atoms with van der Waals surface area (Å²) < 4.78 is 5.68. The van der Waals surface area contributed by atoms with Gasteiger partial charge in [-0.15, -0.1) is 11.8 Å². The van der Waals surface area contributed by atoms with Crippen molar-refractivity contribution in [2.24, 2.45) is 0 Å². The molecular formula is C15H18N4O2S. The molecule has 116 valence electrons. The topological polar surface area (TPSA) is 70.4 Å². The van der Waals surface area contributed by atoms with Crippen molar-refractivity contribution in [1.82, 2.24) is 15.2 Å². The first-order valence-electron chi connectivity index (χ1n) is 7.51. The minimum absolute atomic E-state index is 0.0967. The summed E-state index contributed by atoms with van der Waals surface area (Å²) in [7, 11) is 0. The van der Waals surface area contributed by atoms with E-state index in [0.29, 0.717) is 6.01 Å². The van der Waals surface area contributed by atoms with E-state index in [9.17, 15) is 4.79 Å². The molecule has 1 amide bonds. The number of rotatable bonds is 3. The molecule has 7 heteroatoms. The fourth-order valence-electron chi connectivity index (χ4n) is 2.95. The maximum atomic E-state index is 12.4. The molecule has 2 saturated heterocycles. The molecule has 4 rings (SSSR count). The van der Waals surface area contributed by atoms with E-state index in [-0.39, 0.29) is 18.0 Å². The Labute approximate surface area is 132 Å². The van der Waals surface area contributed by atoms with Gasteiger partial charge in [-0.2, -0.15) is 4.98 Å². The molecule has 22 heavy (non-hydrogen) atoms. The molecule has 0 spiro atoms. The quantitative estimate of drug-likeness (QED) is 0.894. The second-order valence-electron chi connectivity index (χ2n) is 5.66. The smallest absolute Gasteiger partial charge is 0.295 e. The van der Waals surface area contributed by atoms with Crippen molar-refractivity contribution in [1.29, 1.82) is 0 Å². The lowest BCUT2D eigenvalue weighted by molar-refractivity contribution is -0.131. The Morgan fingerprint density at radius 1 is 1.45 bits per heavy atom. The molecule has 6 nitrogen and oxygen atoms in total. The highest BCUT2D eigenvalue weighted by Gasteiger charge is 2.33. The molecule has 1 aromatic heterocycles. The van der Waals surface area contributed by atoms with Crippen molar-refractivity contribution in [2.75, 3.05) is 30.0 Å². The highest BCUT2D eigenvalue weighted by Crippen LogP contribution is 2.22. The number of amides is 1. The Bertz CT molecular complexity index is 650. The van der Waals surface area contributed by atoms with Gasteiger partial charge in [-0.1, -0.05) is 12.1 Å². The minimum atomic E-state index is -0.0967. The molecule has 1 aromatic carbocycles. The Balaban J connectivity index is 1.39. The summed E-state index contributed by atoms with van der Waals surface area (Å²) in [5.41, 5.74) is 1.62. The van der Waals surface area contributed by atoms with Crippen molar-refractivity contribution in [3.63, 3.8) is 0 Å². The third-order valence-corrected chi connectivity index (χ3v) is 5.08. The number of nitrogens with one attached hydrogen (secondary N) is 2. The SMILES string of the molecule is O=C([C@@H]1C[C@H](Nc2nc3ccccc3o2)CN1)N1CCSC1. The van der Waals surface area contributed by atoms with Gasteiger partial charge in [0, 0.05) is 24.9 Å². The van der Waals surface area contributed by atoms with Gasteiger partial charge < -0.3 is 20.0 Å². The molecule has 2 N–H and O–H groups in total. The van der Waals surface area contributed by atoms with Crippen LogP contribution in [0.25, 0.3) is 11.1 Å². The van der Waals surface area contributed by atoms with Crippen LogP contribution in [0.5, 0.6) is 0 Å². The van der Waals surface area contributed by atoms with Gasteiger partial charge in [-0.3, -0.25) is 4.79 Å². The normalized spacial score (nSPS) is 25.0. The van der Waals surface area contributed by atoms with E-state index >= 15 is 0 Å². The summed E-state index contributed by atoms with van der Waals surface area (Å²) in [6.07, 6.45) is 0.763. The largest absolute Gasteiger partial charge is 0.424 e. The maximum absolute atomic E-state index is 12.4. The molecule has 0 bridgehead atoms. The fourth-order valence-corrected chi connectivity index (χ4v) is 3.91. The summed E-state index contributed by atoms with van der Waals surface area (Å²) in [6.45, 7) is 1.61. The van der Waals surface area contributed by atoms with E-state index in [0.717, 1.165) is 42.2 Å². The Hall–Kier alpha value is -1.73. The number of anilines is 1. The molecule has 2 aromatic rings. The van der Waals surface area contributed by atoms with Crippen molar-refractivity contribution in [2.45, 2.75) is 18.5 Å². The molecule has 0 radical (unpaired) electrons. The summed E-state index contributed by atoms with van der Waals surface area (Å²) in [6, 6.07) is 8.29. The summed E-state index contributed by atoms with van der Waals surface area (Å²) >= 11 is 1.81. The van der Waals surface area contributed by atoms with Crippen LogP contribution in [-0.4, -0.2) is 52.6 Å². The highest BCUT2D eigenvalue weighted by molar-refractivity contribution is 7.99. The number of carbonyl (C=O) groups is 1. The summed E-state index contributed by atoms with van der Waals surface area (Å²) in [5, 5.41) is 6.59. The van der Waals surface area contributed by atoms with Crippen LogP contribution in [-0.2, 0) is 4.79 Å². The van der Waals surface area contributed by atoms with Crippen LogP contribution in [0.2, 0.25) is 0 Å². The number of fused-ring (bicyclic) bond motifs is 1. The average molecular weight is 318 g/mol. The second-order valence-corrected chi connectivity index (χ2v) is 6.74. The van der Waals surface area contributed by atoms with Crippen LogP contribution in [0.15, 0.2) is 28.7 Å². The van der Waals surface area contributed by atoms with Crippen LogP contribution in [0.4, 0.5) is 6.01 Å². The van der Waals surface area contributed by atoms with Gasteiger partial charge >= 0.3 is 0 Å². The second kappa shape index (κ2) is 5.81. The standard InChI is InChI=1S/C15H18N4O2S/c20-14(19-5-6-22-9-19)12-7-10(8-16-12)17-15-18-11-3-1-2-4-13(11)21-15/h1-4,10,12,16H,5-9H2,(H,17,18)/t10-,12-/m0/s1. The number of para-hydroxylation sites is 2. The third-order valence-electron chi connectivity index (χ3n) is 4.11. The number of hydrogen-bond acceptors (Lipinski definition) is 6. The number of carbonyl (C=O) groups excluding carboxylic acids is 1. The average Bonchev–Trinajstić information content (AvgIpc) is 3.27. The molecule has 2 aliphatic heterocycles. The van der Waals surface area contributed by atoms with Gasteiger partial charge in [0.05, 0.1) is 11.9 Å². The van der Waals surface area contributed by atoms with Gasteiger partial charge in [0.25, 0.3) is 6.01 Å². The van der Waals surface area contributed by atoms with Gasteiger partial charge in [0.15, 0.2) is 5.58 Å². The third kappa shape index (κ3) is 2.66. The zero-order valence-corrected chi connectivity index (χ0v) is 12.9. The van der Waals surface area contributed by atoms with Gasteiger partial charge in [0.1, 0.15) is 5.52 Å². The van der Waals surface area contributed by atoms with Crippen LogP contribution >= 0.6 is 11.8 Å². The van der Waals surface area contributed by atoms with Crippen molar-refractivity contribution in [3.8, 4) is 0 Å². The maximum Gasteiger partial charge on any atom is 0.295 e.